The van der Waals surface area contributed by atoms with Crippen LogP contribution in [0.25, 0.3) is 10.8 Å². The maximum Gasteiger partial charge on any atom is 0.337 e. The fourth-order valence-electron chi connectivity index (χ4n) is 3.00. The first-order valence-corrected chi connectivity index (χ1v) is 9.50. The van der Waals surface area contributed by atoms with E-state index in [-0.39, 0.29) is 23.7 Å². The van der Waals surface area contributed by atoms with Gasteiger partial charge in [0.15, 0.2) is 5.69 Å². The molecule has 1 aromatic heterocycles. The second-order valence-electron chi connectivity index (χ2n) is 6.65. The number of hydrogen-bond acceptors (Lipinski definition) is 5. The van der Waals surface area contributed by atoms with Crippen molar-refractivity contribution in [1.82, 2.24) is 15.1 Å². The predicted octanol–water partition coefficient (Wildman–Crippen LogP) is 2.91. The number of ether oxygens (including phenoxy) is 1. The van der Waals surface area contributed by atoms with E-state index < -0.39 is 5.97 Å². The lowest BCUT2D eigenvalue weighted by Gasteiger charge is -2.11. The number of carbonyl (C=O) groups excluding carboxylic acids is 2. The molecule has 0 saturated heterocycles. The molecule has 1 N–H and O–H groups in total. The van der Waals surface area contributed by atoms with E-state index in [2.05, 4.69) is 15.2 Å². The Hall–Kier alpha value is -3.48. The normalized spacial score (nSPS) is 10.7. The molecule has 7 nitrogen and oxygen atoms in total. The minimum Gasteiger partial charge on any atom is -0.465 e. The summed E-state index contributed by atoms with van der Waals surface area (Å²) in [6.45, 7) is 2.77. The molecule has 0 aliphatic heterocycles. The smallest absolute Gasteiger partial charge is 0.337 e. The van der Waals surface area contributed by atoms with Gasteiger partial charge < -0.3 is 10.1 Å². The average molecular weight is 393 g/mol. The van der Waals surface area contributed by atoms with E-state index in [1.54, 1.807) is 48.5 Å². The summed E-state index contributed by atoms with van der Waals surface area (Å²) in [4.78, 5) is 37.0. The molecular weight excluding hydrogens is 370 g/mol. The number of amides is 1. The van der Waals surface area contributed by atoms with Gasteiger partial charge in [-0.15, -0.1) is 0 Å². The third kappa shape index (κ3) is 4.51. The maximum absolute atomic E-state index is 12.8. The number of nitrogens with zero attached hydrogens (tertiary/aromatic N) is 2. The number of hydrogen-bond donors (Lipinski definition) is 1. The highest BCUT2D eigenvalue weighted by atomic mass is 16.5. The monoisotopic (exact) mass is 393 g/mol. The molecule has 0 bridgehead atoms. The Labute approximate surface area is 168 Å². The van der Waals surface area contributed by atoms with Gasteiger partial charge in [-0.1, -0.05) is 43.7 Å². The van der Waals surface area contributed by atoms with Crippen LogP contribution >= 0.6 is 0 Å². The second kappa shape index (κ2) is 9.14. The molecule has 0 atom stereocenters. The summed E-state index contributed by atoms with van der Waals surface area (Å²) in [7, 11) is 1.33. The number of unbranched alkanes of at least 4 members (excludes halogenated alkanes) is 1. The van der Waals surface area contributed by atoms with E-state index in [1.807, 2.05) is 6.92 Å². The van der Waals surface area contributed by atoms with Gasteiger partial charge in [0.25, 0.3) is 11.5 Å². The lowest BCUT2D eigenvalue weighted by Crippen LogP contribution is -2.30. The molecule has 150 valence electrons. The van der Waals surface area contributed by atoms with E-state index in [0.29, 0.717) is 22.9 Å². The Morgan fingerprint density at radius 3 is 2.41 bits per heavy atom. The first-order valence-electron chi connectivity index (χ1n) is 9.50. The molecule has 0 radical (unpaired) electrons. The van der Waals surface area contributed by atoms with Crippen LogP contribution in [0.2, 0.25) is 0 Å². The Balaban J connectivity index is 1.84. The van der Waals surface area contributed by atoms with Crippen molar-refractivity contribution >= 4 is 22.6 Å². The highest BCUT2D eigenvalue weighted by Crippen LogP contribution is 2.14. The van der Waals surface area contributed by atoms with Gasteiger partial charge in [-0.25, -0.2) is 9.48 Å². The Bertz CT molecular complexity index is 1090. The average Bonchev–Trinajstić information content (AvgIpc) is 2.77. The van der Waals surface area contributed by atoms with Crippen LogP contribution < -0.4 is 10.9 Å². The zero-order valence-corrected chi connectivity index (χ0v) is 16.5. The van der Waals surface area contributed by atoms with Crippen molar-refractivity contribution in [2.45, 2.75) is 32.9 Å². The second-order valence-corrected chi connectivity index (χ2v) is 6.65. The van der Waals surface area contributed by atoms with E-state index in [9.17, 15) is 14.4 Å². The minimum atomic E-state index is -0.411. The van der Waals surface area contributed by atoms with E-state index in [4.69, 9.17) is 0 Å². The zero-order chi connectivity index (χ0) is 20.8. The van der Waals surface area contributed by atoms with Crippen molar-refractivity contribution in [3.63, 3.8) is 0 Å². The molecule has 2 aromatic carbocycles. The third-order valence-corrected chi connectivity index (χ3v) is 4.63. The van der Waals surface area contributed by atoms with Crippen molar-refractivity contribution in [3.8, 4) is 0 Å². The molecule has 0 unspecified atom stereocenters. The SMILES string of the molecule is CCCCn1nc(C(=O)NCc2ccc(C(=O)OC)cc2)c2ccccc2c1=O. The molecule has 0 spiro atoms. The van der Waals surface area contributed by atoms with Crippen LogP contribution in [0.5, 0.6) is 0 Å². The maximum atomic E-state index is 12.8. The molecule has 1 amide bonds. The van der Waals surface area contributed by atoms with Gasteiger partial charge in [0, 0.05) is 18.5 Å². The Morgan fingerprint density at radius 1 is 1.07 bits per heavy atom. The molecule has 7 heteroatoms. The van der Waals surface area contributed by atoms with Crippen LogP contribution in [0.15, 0.2) is 53.3 Å². The van der Waals surface area contributed by atoms with Crippen molar-refractivity contribution in [2.24, 2.45) is 0 Å². The molecular formula is C22H23N3O4. The number of carbonyl (C=O) groups is 2. The highest BCUT2D eigenvalue weighted by molar-refractivity contribution is 6.04. The van der Waals surface area contributed by atoms with Crippen LogP contribution in [0.4, 0.5) is 0 Å². The van der Waals surface area contributed by atoms with Gasteiger partial charge in [0.1, 0.15) is 0 Å². The third-order valence-electron chi connectivity index (χ3n) is 4.63. The molecule has 1 heterocycles. The van der Waals surface area contributed by atoms with Crippen LogP contribution in [0.3, 0.4) is 0 Å². The van der Waals surface area contributed by atoms with Crippen LogP contribution in [-0.2, 0) is 17.8 Å². The van der Waals surface area contributed by atoms with E-state index in [0.717, 1.165) is 18.4 Å². The van der Waals surface area contributed by atoms with Crippen LogP contribution in [-0.4, -0.2) is 28.8 Å². The Kier molecular flexibility index (Phi) is 6.39. The summed E-state index contributed by atoms with van der Waals surface area (Å²) < 4.78 is 6.04. The van der Waals surface area contributed by atoms with Crippen LogP contribution in [0, 0.1) is 0 Å². The summed E-state index contributed by atoms with van der Waals surface area (Å²) in [6.07, 6.45) is 1.73. The summed E-state index contributed by atoms with van der Waals surface area (Å²) in [6, 6.07) is 13.8. The van der Waals surface area contributed by atoms with Gasteiger partial charge >= 0.3 is 5.97 Å². The van der Waals surface area contributed by atoms with Gasteiger partial charge in [0.05, 0.1) is 18.1 Å². The molecule has 0 saturated carbocycles. The van der Waals surface area contributed by atoms with E-state index in [1.165, 1.54) is 11.8 Å². The number of fused-ring (bicyclic) bond motifs is 1. The number of methoxy groups -OCH3 is 1. The summed E-state index contributed by atoms with van der Waals surface area (Å²) >= 11 is 0. The molecule has 0 aliphatic rings. The first-order chi connectivity index (χ1) is 14.0. The van der Waals surface area contributed by atoms with Crippen molar-refractivity contribution in [1.29, 1.82) is 0 Å². The van der Waals surface area contributed by atoms with Crippen molar-refractivity contribution < 1.29 is 14.3 Å². The number of nitrogens with one attached hydrogen (secondary N) is 1. The minimum absolute atomic E-state index is 0.191. The quantitative estimate of drug-likeness (QED) is 0.624. The lowest BCUT2D eigenvalue weighted by molar-refractivity contribution is 0.0600. The summed E-state index contributed by atoms with van der Waals surface area (Å²) in [5.74, 6) is -0.769. The van der Waals surface area contributed by atoms with E-state index >= 15 is 0 Å². The first kappa shape index (κ1) is 20.3. The zero-order valence-electron chi connectivity index (χ0n) is 16.5. The largest absolute Gasteiger partial charge is 0.465 e. The molecule has 0 aliphatic carbocycles. The lowest BCUT2D eigenvalue weighted by atomic mass is 10.1. The highest BCUT2D eigenvalue weighted by Gasteiger charge is 2.16. The number of aromatic nitrogens is 2. The summed E-state index contributed by atoms with van der Waals surface area (Å²) in [5.41, 5.74) is 1.30. The fraction of sp³-hybridized carbons (Fsp3) is 0.273. The molecule has 3 aromatic rings. The van der Waals surface area contributed by atoms with Crippen LogP contribution in [0.1, 0.15) is 46.2 Å². The van der Waals surface area contributed by atoms with Gasteiger partial charge in [0.2, 0.25) is 0 Å². The molecule has 29 heavy (non-hydrogen) atoms. The molecule has 0 fully saturated rings. The molecule has 3 rings (SSSR count). The number of aryl methyl sites for hydroxylation is 1. The number of rotatable bonds is 7. The van der Waals surface area contributed by atoms with Crippen molar-refractivity contribution in [2.75, 3.05) is 7.11 Å². The summed E-state index contributed by atoms with van der Waals surface area (Å²) in [5, 5.41) is 8.18. The van der Waals surface area contributed by atoms with Gasteiger partial charge in [-0.2, -0.15) is 5.10 Å². The standard InChI is InChI=1S/C22H23N3O4/c1-3-4-13-25-21(27)18-8-6-5-7-17(18)19(24-25)20(26)23-14-15-9-11-16(12-10-15)22(28)29-2/h5-12H,3-4,13-14H2,1-2H3,(H,23,26). The number of esters is 1. The van der Waals surface area contributed by atoms with Gasteiger partial charge in [-0.05, 0) is 30.2 Å². The number of benzene rings is 2. The predicted molar refractivity (Wildman–Crippen MR) is 110 cm³/mol. The fourth-order valence-corrected chi connectivity index (χ4v) is 3.00. The Morgan fingerprint density at radius 2 is 1.76 bits per heavy atom. The van der Waals surface area contributed by atoms with Crippen molar-refractivity contribution in [3.05, 3.63) is 75.7 Å². The topological polar surface area (TPSA) is 90.3 Å². The van der Waals surface area contributed by atoms with Gasteiger partial charge in [-0.3, -0.25) is 9.59 Å².